The number of carbonyl (C=O) groups excluding carboxylic acids is 2. The first kappa shape index (κ1) is 19.5. The van der Waals surface area contributed by atoms with Crippen LogP contribution in [0.1, 0.15) is 39.0 Å². The van der Waals surface area contributed by atoms with Gasteiger partial charge in [0.25, 0.3) is 11.8 Å². The maximum Gasteiger partial charge on any atom is 0.274 e. The fourth-order valence-electron chi connectivity index (χ4n) is 3.80. The standard InChI is InChI=1S/C20H27N7O2/c1-25-10-12-26(13-11-25)9-5-8-21-19(28)17-18-20(29)22-16(14-27(18)24-23-17)15-6-3-2-4-7-15/h2-4,6-7,16H,5,8-14H2,1H3,(H,21,28)(H,22,29). The molecule has 0 saturated carbocycles. The summed E-state index contributed by atoms with van der Waals surface area (Å²) in [6, 6.07) is 9.53. The number of piperazine rings is 1. The van der Waals surface area contributed by atoms with E-state index in [1.807, 2.05) is 30.3 Å². The van der Waals surface area contributed by atoms with Gasteiger partial charge in [-0.3, -0.25) is 9.59 Å². The van der Waals surface area contributed by atoms with E-state index in [0.29, 0.717) is 13.1 Å². The number of aromatic nitrogens is 3. The minimum Gasteiger partial charge on any atom is -0.351 e. The van der Waals surface area contributed by atoms with E-state index in [0.717, 1.165) is 44.7 Å². The van der Waals surface area contributed by atoms with Gasteiger partial charge in [0.15, 0.2) is 11.4 Å². The Morgan fingerprint density at radius 1 is 1.21 bits per heavy atom. The SMILES string of the molecule is CN1CCN(CCCNC(=O)c2nnn3c2C(=O)NC(c2ccccc2)C3)CC1. The summed E-state index contributed by atoms with van der Waals surface area (Å²) < 4.78 is 1.52. The molecule has 1 aromatic heterocycles. The zero-order chi connectivity index (χ0) is 20.2. The second-order valence-corrected chi connectivity index (χ2v) is 7.66. The average molecular weight is 397 g/mol. The van der Waals surface area contributed by atoms with Gasteiger partial charge in [-0.05, 0) is 25.6 Å². The van der Waals surface area contributed by atoms with Crippen molar-refractivity contribution in [2.45, 2.75) is 19.0 Å². The lowest BCUT2D eigenvalue weighted by Crippen LogP contribution is -2.45. The van der Waals surface area contributed by atoms with Gasteiger partial charge in [0.1, 0.15) is 0 Å². The molecule has 0 radical (unpaired) electrons. The Morgan fingerprint density at radius 3 is 2.72 bits per heavy atom. The third-order valence-electron chi connectivity index (χ3n) is 5.56. The van der Waals surface area contributed by atoms with Crippen molar-refractivity contribution in [2.24, 2.45) is 0 Å². The van der Waals surface area contributed by atoms with Crippen molar-refractivity contribution in [1.29, 1.82) is 0 Å². The van der Waals surface area contributed by atoms with Crippen molar-refractivity contribution in [1.82, 2.24) is 35.4 Å². The van der Waals surface area contributed by atoms with Crippen LogP contribution in [0.15, 0.2) is 30.3 Å². The molecule has 3 heterocycles. The normalized spacial score (nSPS) is 20.2. The number of nitrogens with one attached hydrogen (secondary N) is 2. The number of likely N-dealkylation sites (N-methyl/N-ethyl adjacent to an activating group) is 1. The summed E-state index contributed by atoms with van der Waals surface area (Å²) in [5.41, 5.74) is 1.32. The first-order valence-electron chi connectivity index (χ1n) is 10.1. The minimum absolute atomic E-state index is 0.0913. The van der Waals surface area contributed by atoms with Crippen molar-refractivity contribution < 1.29 is 9.59 Å². The number of hydrogen-bond donors (Lipinski definition) is 2. The Hall–Kier alpha value is -2.78. The Bertz CT molecular complexity index is 859. The number of hydrogen-bond acceptors (Lipinski definition) is 6. The number of carbonyl (C=O) groups is 2. The summed E-state index contributed by atoms with van der Waals surface area (Å²) in [5, 5.41) is 13.9. The predicted molar refractivity (Wildman–Crippen MR) is 108 cm³/mol. The summed E-state index contributed by atoms with van der Waals surface area (Å²) in [6.07, 6.45) is 0.862. The van der Waals surface area contributed by atoms with Crippen LogP contribution in [0.4, 0.5) is 0 Å². The van der Waals surface area contributed by atoms with E-state index in [-0.39, 0.29) is 29.2 Å². The van der Waals surface area contributed by atoms with Crippen molar-refractivity contribution >= 4 is 11.8 Å². The Balaban J connectivity index is 1.32. The van der Waals surface area contributed by atoms with Crippen LogP contribution in [0.25, 0.3) is 0 Å². The highest BCUT2D eigenvalue weighted by molar-refractivity contribution is 6.05. The van der Waals surface area contributed by atoms with Crippen LogP contribution in [0.2, 0.25) is 0 Å². The maximum absolute atomic E-state index is 12.6. The second kappa shape index (κ2) is 8.71. The summed E-state index contributed by atoms with van der Waals surface area (Å²) in [5.74, 6) is -0.671. The number of nitrogens with zero attached hydrogens (tertiary/aromatic N) is 5. The first-order chi connectivity index (χ1) is 14.1. The lowest BCUT2D eigenvalue weighted by molar-refractivity contribution is 0.0875. The molecule has 9 nitrogen and oxygen atoms in total. The molecule has 1 fully saturated rings. The number of benzene rings is 1. The molecule has 4 rings (SSSR count). The molecule has 1 unspecified atom stereocenters. The molecule has 2 aromatic rings. The van der Waals surface area contributed by atoms with Gasteiger partial charge < -0.3 is 20.4 Å². The third-order valence-corrected chi connectivity index (χ3v) is 5.56. The molecule has 0 bridgehead atoms. The number of amides is 2. The van der Waals surface area contributed by atoms with Crippen molar-refractivity contribution in [3.05, 3.63) is 47.3 Å². The van der Waals surface area contributed by atoms with Crippen molar-refractivity contribution in [3.8, 4) is 0 Å². The monoisotopic (exact) mass is 397 g/mol. The van der Waals surface area contributed by atoms with E-state index in [4.69, 9.17) is 0 Å². The molecule has 1 aromatic carbocycles. The van der Waals surface area contributed by atoms with Gasteiger partial charge in [-0.1, -0.05) is 35.5 Å². The van der Waals surface area contributed by atoms with Gasteiger partial charge in [0, 0.05) is 32.7 Å². The summed E-state index contributed by atoms with van der Waals surface area (Å²) in [7, 11) is 2.13. The molecule has 1 atom stereocenters. The van der Waals surface area contributed by atoms with Crippen LogP contribution in [0.5, 0.6) is 0 Å². The largest absolute Gasteiger partial charge is 0.351 e. The molecular weight excluding hydrogens is 370 g/mol. The van der Waals surface area contributed by atoms with E-state index >= 15 is 0 Å². The number of fused-ring (bicyclic) bond motifs is 1. The van der Waals surface area contributed by atoms with E-state index < -0.39 is 0 Å². The van der Waals surface area contributed by atoms with Gasteiger partial charge in [0.05, 0.1) is 12.6 Å². The fourth-order valence-corrected chi connectivity index (χ4v) is 3.80. The van der Waals surface area contributed by atoms with Crippen molar-refractivity contribution in [3.63, 3.8) is 0 Å². The molecule has 2 aliphatic rings. The average Bonchev–Trinajstić information content (AvgIpc) is 3.18. The van der Waals surface area contributed by atoms with E-state index in [9.17, 15) is 9.59 Å². The summed E-state index contributed by atoms with van der Waals surface area (Å²) in [4.78, 5) is 29.9. The first-order valence-corrected chi connectivity index (χ1v) is 10.1. The molecule has 0 aliphatic carbocycles. The van der Waals surface area contributed by atoms with E-state index in [1.165, 1.54) is 4.68 Å². The van der Waals surface area contributed by atoms with Crippen LogP contribution in [-0.2, 0) is 6.54 Å². The van der Waals surface area contributed by atoms with Crippen LogP contribution >= 0.6 is 0 Å². The molecule has 1 saturated heterocycles. The lowest BCUT2D eigenvalue weighted by Gasteiger charge is -2.32. The highest BCUT2D eigenvalue weighted by Gasteiger charge is 2.32. The quantitative estimate of drug-likeness (QED) is 0.673. The zero-order valence-corrected chi connectivity index (χ0v) is 16.7. The molecule has 154 valence electrons. The van der Waals surface area contributed by atoms with Crippen LogP contribution in [0, 0.1) is 0 Å². The topological polar surface area (TPSA) is 95.4 Å². The Morgan fingerprint density at radius 2 is 1.97 bits per heavy atom. The van der Waals surface area contributed by atoms with Gasteiger partial charge in [0.2, 0.25) is 0 Å². The molecule has 2 aliphatic heterocycles. The van der Waals surface area contributed by atoms with Gasteiger partial charge in [-0.25, -0.2) is 4.68 Å². The molecule has 29 heavy (non-hydrogen) atoms. The maximum atomic E-state index is 12.6. The predicted octanol–water partition coefficient (Wildman–Crippen LogP) is 0.130. The summed E-state index contributed by atoms with van der Waals surface area (Å²) in [6.45, 7) is 6.24. The van der Waals surface area contributed by atoms with Gasteiger partial charge in [-0.2, -0.15) is 0 Å². The second-order valence-electron chi connectivity index (χ2n) is 7.66. The van der Waals surface area contributed by atoms with E-state index in [2.05, 4.69) is 37.8 Å². The van der Waals surface area contributed by atoms with Gasteiger partial charge >= 0.3 is 0 Å². The van der Waals surface area contributed by atoms with Crippen LogP contribution in [0.3, 0.4) is 0 Å². The molecule has 9 heteroatoms. The Kier molecular flexibility index (Phi) is 5.86. The van der Waals surface area contributed by atoms with Crippen LogP contribution in [-0.4, -0.2) is 82.9 Å². The lowest BCUT2D eigenvalue weighted by atomic mass is 10.0. The number of rotatable bonds is 6. The fraction of sp³-hybridized carbons (Fsp3) is 0.500. The smallest absolute Gasteiger partial charge is 0.274 e. The summed E-state index contributed by atoms with van der Waals surface area (Å²) >= 11 is 0. The molecular formula is C20H27N7O2. The molecule has 2 N–H and O–H groups in total. The third kappa shape index (κ3) is 4.46. The van der Waals surface area contributed by atoms with Crippen molar-refractivity contribution in [2.75, 3.05) is 46.3 Å². The van der Waals surface area contributed by atoms with E-state index in [1.54, 1.807) is 0 Å². The molecule has 0 spiro atoms. The van der Waals surface area contributed by atoms with Crippen LogP contribution < -0.4 is 10.6 Å². The zero-order valence-electron chi connectivity index (χ0n) is 16.7. The van der Waals surface area contributed by atoms with Gasteiger partial charge in [-0.15, -0.1) is 5.10 Å². The Labute approximate surface area is 170 Å². The highest BCUT2D eigenvalue weighted by Crippen LogP contribution is 2.21. The highest BCUT2D eigenvalue weighted by atomic mass is 16.2. The minimum atomic E-state index is -0.349. The molecule has 2 amide bonds.